The molecule has 1 rings (SSSR count). The minimum Gasteiger partial charge on any atom is -0.313 e. The molecule has 1 fully saturated rings. The molecular weight excluding hydrogens is 258 g/mol. The Balaban J connectivity index is 2.83. The molecule has 1 aliphatic carbocycles. The fourth-order valence-corrected chi connectivity index (χ4v) is 5.24. The van der Waals surface area contributed by atoms with Crippen molar-refractivity contribution in [2.24, 2.45) is 5.41 Å². The predicted octanol–water partition coefficient (Wildman–Crippen LogP) is 3.15. The van der Waals surface area contributed by atoms with Crippen LogP contribution in [0.1, 0.15) is 66.2 Å². The van der Waals surface area contributed by atoms with Crippen molar-refractivity contribution >= 4 is 9.84 Å². The average Bonchev–Trinajstić information content (AvgIpc) is 2.21. The lowest BCUT2D eigenvalue weighted by atomic mass is 9.57. The Hall–Kier alpha value is -0.0900. The van der Waals surface area contributed by atoms with Gasteiger partial charge in [0.05, 0.1) is 4.75 Å². The first-order valence-electron chi connectivity index (χ1n) is 7.63. The van der Waals surface area contributed by atoms with E-state index in [0.717, 1.165) is 25.7 Å². The van der Waals surface area contributed by atoms with Gasteiger partial charge in [-0.2, -0.15) is 0 Å². The van der Waals surface area contributed by atoms with Crippen LogP contribution in [0.25, 0.3) is 0 Å². The van der Waals surface area contributed by atoms with Crippen molar-refractivity contribution in [2.75, 3.05) is 12.8 Å². The van der Waals surface area contributed by atoms with E-state index in [1.54, 1.807) is 0 Å². The van der Waals surface area contributed by atoms with Crippen molar-refractivity contribution in [1.29, 1.82) is 0 Å². The van der Waals surface area contributed by atoms with Gasteiger partial charge in [0, 0.05) is 18.8 Å². The minimum absolute atomic E-state index is 0.283. The van der Waals surface area contributed by atoms with Gasteiger partial charge in [-0.05, 0) is 31.1 Å². The van der Waals surface area contributed by atoms with E-state index in [1.165, 1.54) is 19.1 Å². The van der Waals surface area contributed by atoms with Gasteiger partial charge in [0.25, 0.3) is 0 Å². The van der Waals surface area contributed by atoms with Gasteiger partial charge in [0.15, 0.2) is 9.84 Å². The molecule has 0 bridgehead atoms. The highest BCUT2D eigenvalue weighted by Gasteiger charge is 2.58. The van der Waals surface area contributed by atoms with E-state index in [4.69, 9.17) is 0 Å². The van der Waals surface area contributed by atoms with Crippen LogP contribution in [0.2, 0.25) is 0 Å². The summed E-state index contributed by atoms with van der Waals surface area (Å²) in [7, 11) is -2.99. The molecule has 0 atom stereocenters. The maximum absolute atomic E-state index is 12.2. The summed E-state index contributed by atoms with van der Waals surface area (Å²) in [5.41, 5.74) is 0.283. The molecular formula is C15H31NO2S. The predicted molar refractivity (Wildman–Crippen MR) is 82.2 cm³/mol. The van der Waals surface area contributed by atoms with Gasteiger partial charge in [0.2, 0.25) is 0 Å². The second kappa shape index (κ2) is 6.13. The Morgan fingerprint density at radius 1 is 1.11 bits per heavy atom. The Kier molecular flexibility index (Phi) is 5.47. The van der Waals surface area contributed by atoms with Crippen molar-refractivity contribution in [3.05, 3.63) is 0 Å². The van der Waals surface area contributed by atoms with Crippen LogP contribution in [0.4, 0.5) is 0 Å². The third-order valence-corrected chi connectivity index (χ3v) is 6.58. The Morgan fingerprint density at radius 2 is 1.58 bits per heavy atom. The summed E-state index contributed by atoms with van der Waals surface area (Å²) < 4.78 is 23.9. The van der Waals surface area contributed by atoms with E-state index in [1.807, 2.05) is 0 Å². The van der Waals surface area contributed by atoms with Crippen molar-refractivity contribution < 1.29 is 8.42 Å². The number of rotatable bonds is 8. The minimum atomic E-state index is -2.99. The number of hydrogen-bond acceptors (Lipinski definition) is 3. The summed E-state index contributed by atoms with van der Waals surface area (Å²) in [4.78, 5) is 0. The van der Waals surface area contributed by atoms with Crippen molar-refractivity contribution in [1.82, 2.24) is 5.32 Å². The van der Waals surface area contributed by atoms with E-state index in [9.17, 15) is 8.42 Å². The zero-order valence-electron chi connectivity index (χ0n) is 13.3. The van der Waals surface area contributed by atoms with Gasteiger partial charge in [0.1, 0.15) is 0 Å². The summed E-state index contributed by atoms with van der Waals surface area (Å²) >= 11 is 0. The molecule has 19 heavy (non-hydrogen) atoms. The molecule has 0 aromatic heterocycles. The Morgan fingerprint density at radius 3 is 1.89 bits per heavy atom. The zero-order valence-corrected chi connectivity index (χ0v) is 14.1. The molecule has 1 aliphatic rings. The number of sulfone groups is 1. The molecule has 0 aromatic carbocycles. The summed E-state index contributed by atoms with van der Waals surface area (Å²) in [6, 6.07) is 0.339. The SMILES string of the molecule is CCCC1(CCC)CC(CNC(C)C)(S(C)(=O)=O)C1. The van der Waals surface area contributed by atoms with Gasteiger partial charge >= 0.3 is 0 Å². The van der Waals surface area contributed by atoms with Crippen LogP contribution in [0.15, 0.2) is 0 Å². The molecule has 0 heterocycles. The first-order valence-corrected chi connectivity index (χ1v) is 9.52. The standard InChI is InChI=1S/C15H31NO2S/c1-6-8-14(9-7-2)10-15(11-14,19(5,17)18)12-16-13(3)4/h13,16H,6-12H2,1-5H3. The second-order valence-electron chi connectivity index (χ2n) is 6.84. The molecule has 0 amide bonds. The van der Waals surface area contributed by atoms with Crippen LogP contribution >= 0.6 is 0 Å². The second-order valence-corrected chi connectivity index (χ2v) is 9.25. The van der Waals surface area contributed by atoms with E-state index in [2.05, 4.69) is 33.0 Å². The molecule has 0 spiro atoms. The molecule has 4 heteroatoms. The largest absolute Gasteiger partial charge is 0.313 e. The van der Waals surface area contributed by atoms with E-state index < -0.39 is 14.6 Å². The topological polar surface area (TPSA) is 46.2 Å². The highest BCUT2D eigenvalue weighted by Crippen LogP contribution is 2.57. The smallest absolute Gasteiger partial charge is 0.154 e. The number of nitrogens with one attached hydrogen (secondary N) is 1. The third kappa shape index (κ3) is 3.72. The molecule has 114 valence electrons. The lowest BCUT2D eigenvalue weighted by Gasteiger charge is -2.56. The highest BCUT2D eigenvalue weighted by molar-refractivity contribution is 7.92. The summed E-state index contributed by atoms with van der Waals surface area (Å²) in [5.74, 6) is 0. The molecule has 0 aliphatic heterocycles. The Bertz CT molecular complexity index is 373. The maximum Gasteiger partial charge on any atom is 0.154 e. The lowest BCUT2D eigenvalue weighted by Crippen LogP contribution is -2.61. The van der Waals surface area contributed by atoms with Crippen LogP contribution < -0.4 is 5.32 Å². The fourth-order valence-electron chi connectivity index (χ4n) is 3.76. The molecule has 0 aromatic rings. The first-order chi connectivity index (χ1) is 8.70. The van der Waals surface area contributed by atoms with Gasteiger partial charge in [-0.1, -0.05) is 40.5 Å². The van der Waals surface area contributed by atoms with E-state index in [0.29, 0.717) is 12.6 Å². The Labute approximate surface area is 119 Å². The maximum atomic E-state index is 12.2. The van der Waals surface area contributed by atoms with E-state index in [-0.39, 0.29) is 5.41 Å². The summed E-state index contributed by atoms with van der Waals surface area (Å²) in [5, 5.41) is 3.34. The normalized spacial score (nSPS) is 21.4. The van der Waals surface area contributed by atoms with Crippen LogP contribution in [-0.4, -0.2) is 32.0 Å². The average molecular weight is 289 g/mol. The number of hydrogen-bond donors (Lipinski definition) is 1. The van der Waals surface area contributed by atoms with Gasteiger partial charge < -0.3 is 5.32 Å². The van der Waals surface area contributed by atoms with Crippen LogP contribution in [0, 0.1) is 5.41 Å². The van der Waals surface area contributed by atoms with Crippen molar-refractivity contribution in [2.45, 2.75) is 77.0 Å². The van der Waals surface area contributed by atoms with Crippen LogP contribution in [0.5, 0.6) is 0 Å². The summed E-state index contributed by atoms with van der Waals surface area (Å²) in [6.45, 7) is 9.15. The monoisotopic (exact) mass is 289 g/mol. The quantitative estimate of drug-likeness (QED) is 0.746. The molecule has 0 saturated heterocycles. The highest BCUT2D eigenvalue weighted by atomic mass is 32.2. The third-order valence-electron chi connectivity index (χ3n) is 4.57. The van der Waals surface area contributed by atoms with E-state index >= 15 is 0 Å². The zero-order chi connectivity index (χ0) is 14.7. The van der Waals surface area contributed by atoms with Crippen molar-refractivity contribution in [3.8, 4) is 0 Å². The molecule has 1 saturated carbocycles. The molecule has 0 unspecified atom stereocenters. The lowest BCUT2D eigenvalue weighted by molar-refractivity contribution is 0.0507. The van der Waals surface area contributed by atoms with Gasteiger partial charge in [-0.15, -0.1) is 0 Å². The molecule has 3 nitrogen and oxygen atoms in total. The summed E-state index contributed by atoms with van der Waals surface area (Å²) in [6.07, 6.45) is 7.74. The van der Waals surface area contributed by atoms with Crippen LogP contribution in [-0.2, 0) is 9.84 Å². The fraction of sp³-hybridized carbons (Fsp3) is 1.00. The molecule has 0 radical (unpaired) electrons. The van der Waals surface area contributed by atoms with Crippen LogP contribution in [0.3, 0.4) is 0 Å². The molecule has 1 N–H and O–H groups in total. The van der Waals surface area contributed by atoms with Gasteiger partial charge in [-0.25, -0.2) is 8.42 Å². The first kappa shape index (κ1) is 17.0. The van der Waals surface area contributed by atoms with Crippen molar-refractivity contribution in [3.63, 3.8) is 0 Å². The van der Waals surface area contributed by atoms with Gasteiger partial charge in [-0.3, -0.25) is 0 Å².